The topological polar surface area (TPSA) is 42.4 Å². The molecule has 2 aromatic rings. The van der Waals surface area contributed by atoms with Gasteiger partial charge >= 0.3 is 0 Å². The van der Waals surface area contributed by atoms with E-state index in [0.29, 0.717) is 13.1 Å². The van der Waals surface area contributed by atoms with E-state index in [9.17, 15) is 4.79 Å². The average molecular weight is 342 g/mol. The number of nitrogens with zero attached hydrogens (tertiary/aromatic N) is 2. The van der Waals surface area contributed by atoms with E-state index in [-0.39, 0.29) is 12.0 Å². The van der Waals surface area contributed by atoms with Gasteiger partial charge in [-0.05, 0) is 55.4 Å². The van der Waals surface area contributed by atoms with Gasteiger partial charge in [0, 0.05) is 37.0 Å². The van der Waals surface area contributed by atoms with Crippen molar-refractivity contribution in [3.8, 4) is 0 Å². The normalized spacial score (nSPS) is 19.4. The van der Waals surface area contributed by atoms with Gasteiger partial charge in [-0.2, -0.15) is 0 Å². The van der Waals surface area contributed by atoms with E-state index in [2.05, 4.69) is 11.1 Å². The molecule has 0 saturated carbocycles. The highest BCUT2D eigenvalue weighted by molar-refractivity contribution is 7.14. The molecule has 126 valence electrons. The maximum Gasteiger partial charge on any atom is 0.264 e. The van der Waals surface area contributed by atoms with Crippen molar-refractivity contribution in [3.05, 3.63) is 51.5 Å². The summed E-state index contributed by atoms with van der Waals surface area (Å²) in [5.74, 6) is 0.133. The number of ether oxygens (including phenoxy) is 1. The van der Waals surface area contributed by atoms with Gasteiger partial charge in [-0.1, -0.05) is 6.07 Å². The summed E-state index contributed by atoms with van der Waals surface area (Å²) in [7, 11) is 0. The van der Waals surface area contributed by atoms with Crippen molar-refractivity contribution < 1.29 is 9.53 Å². The van der Waals surface area contributed by atoms with Gasteiger partial charge in [-0.15, -0.1) is 11.3 Å². The standard InChI is InChI=1S/C19H22N2O2S/c22-19(18-10-15-5-1-7-17(15)24-18)21(13-16-6-3-9-23-16)12-14-4-2-8-20-11-14/h2,4,8,10-11,16H,1,3,5-7,9,12-13H2. The molecule has 0 spiro atoms. The molecule has 4 rings (SSSR count). The van der Waals surface area contributed by atoms with Gasteiger partial charge in [0.25, 0.3) is 5.91 Å². The lowest BCUT2D eigenvalue weighted by atomic mass is 10.2. The summed E-state index contributed by atoms with van der Waals surface area (Å²) in [6, 6.07) is 6.06. The molecule has 24 heavy (non-hydrogen) atoms. The summed E-state index contributed by atoms with van der Waals surface area (Å²) in [5.41, 5.74) is 2.44. The van der Waals surface area contributed by atoms with Gasteiger partial charge in [-0.3, -0.25) is 9.78 Å². The lowest BCUT2D eigenvalue weighted by Crippen LogP contribution is -2.36. The number of aryl methyl sites for hydroxylation is 2. The van der Waals surface area contributed by atoms with E-state index < -0.39 is 0 Å². The van der Waals surface area contributed by atoms with Crippen LogP contribution in [0.4, 0.5) is 0 Å². The Morgan fingerprint density at radius 2 is 2.33 bits per heavy atom. The van der Waals surface area contributed by atoms with Crippen LogP contribution in [0.5, 0.6) is 0 Å². The van der Waals surface area contributed by atoms with Gasteiger partial charge in [0.05, 0.1) is 11.0 Å². The molecule has 1 aliphatic heterocycles. The Hall–Kier alpha value is -1.72. The molecule has 1 amide bonds. The number of hydrogen-bond donors (Lipinski definition) is 0. The zero-order valence-corrected chi connectivity index (χ0v) is 14.6. The van der Waals surface area contributed by atoms with Crippen LogP contribution in [0, 0.1) is 0 Å². The number of hydrogen-bond acceptors (Lipinski definition) is 4. The Bertz CT molecular complexity index is 686. The van der Waals surface area contributed by atoms with E-state index in [1.807, 2.05) is 23.2 Å². The van der Waals surface area contributed by atoms with Crippen molar-refractivity contribution in [2.24, 2.45) is 0 Å². The Balaban J connectivity index is 1.54. The van der Waals surface area contributed by atoms with Gasteiger partial charge in [0.1, 0.15) is 0 Å². The number of carbonyl (C=O) groups excluding carboxylic acids is 1. The molecule has 1 aliphatic carbocycles. The third-order valence-electron chi connectivity index (χ3n) is 4.79. The quantitative estimate of drug-likeness (QED) is 0.836. The molecule has 0 N–H and O–H groups in total. The summed E-state index contributed by atoms with van der Waals surface area (Å²) in [6.07, 6.45) is 9.37. The monoisotopic (exact) mass is 342 g/mol. The molecule has 3 heterocycles. The van der Waals surface area contributed by atoms with Crippen LogP contribution in [0.3, 0.4) is 0 Å². The third kappa shape index (κ3) is 3.37. The van der Waals surface area contributed by atoms with Crippen molar-refractivity contribution in [2.75, 3.05) is 13.2 Å². The van der Waals surface area contributed by atoms with Crippen LogP contribution in [-0.2, 0) is 24.1 Å². The molecule has 1 atom stereocenters. The largest absolute Gasteiger partial charge is 0.376 e. The first-order valence-electron chi connectivity index (χ1n) is 8.71. The predicted octanol–water partition coefficient (Wildman–Crippen LogP) is 3.45. The fraction of sp³-hybridized carbons (Fsp3) is 0.474. The molecule has 0 radical (unpaired) electrons. The minimum Gasteiger partial charge on any atom is -0.376 e. The number of amides is 1. The molecular formula is C19H22N2O2S. The number of carbonyl (C=O) groups is 1. The van der Waals surface area contributed by atoms with Crippen LogP contribution in [0.1, 0.15) is 44.9 Å². The van der Waals surface area contributed by atoms with Crippen LogP contribution >= 0.6 is 11.3 Å². The third-order valence-corrected chi connectivity index (χ3v) is 6.01. The second-order valence-corrected chi connectivity index (χ2v) is 7.73. The number of pyridine rings is 1. The van der Waals surface area contributed by atoms with Crippen LogP contribution < -0.4 is 0 Å². The van der Waals surface area contributed by atoms with E-state index in [0.717, 1.165) is 42.7 Å². The van der Waals surface area contributed by atoms with E-state index in [4.69, 9.17) is 4.74 Å². The van der Waals surface area contributed by atoms with Gasteiger partial charge in [0.2, 0.25) is 0 Å². The number of rotatable bonds is 5. The van der Waals surface area contributed by atoms with Crippen molar-refractivity contribution in [1.82, 2.24) is 9.88 Å². The maximum absolute atomic E-state index is 13.1. The van der Waals surface area contributed by atoms with Crippen molar-refractivity contribution >= 4 is 17.2 Å². The number of fused-ring (bicyclic) bond motifs is 1. The fourth-order valence-corrected chi connectivity index (χ4v) is 4.78. The highest BCUT2D eigenvalue weighted by Gasteiger charge is 2.26. The number of thiophene rings is 1. The first kappa shape index (κ1) is 15.8. The summed E-state index contributed by atoms with van der Waals surface area (Å²) >= 11 is 1.68. The molecule has 0 bridgehead atoms. The highest BCUT2D eigenvalue weighted by Crippen LogP contribution is 2.31. The van der Waals surface area contributed by atoms with Crippen molar-refractivity contribution in [3.63, 3.8) is 0 Å². The predicted molar refractivity (Wildman–Crippen MR) is 94.3 cm³/mol. The summed E-state index contributed by atoms with van der Waals surface area (Å²) in [6.45, 7) is 2.07. The first-order chi connectivity index (χ1) is 11.8. The number of aromatic nitrogens is 1. The van der Waals surface area contributed by atoms with Crippen molar-refractivity contribution in [2.45, 2.75) is 44.8 Å². The Morgan fingerprint density at radius 3 is 3.08 bits per heavy atom. The Morgan fingerprint density at radius 1 is 1.38 bits per heavy atom. The van der Waals surface area contributed by atoms with Gasteiger partial charge in [0.15, 0.2) is 0 Å². The Labute approximate surface area is 146 Å². The van der Waals surface area contributed by atoms with Crippen LogP contribution in [0.2, 0.25) is 0 Å². The summed E-state index contributed by atoms with van der Waals surface area (Å²) in [5, 5.41) is 0. The SMILES string of the molecule is O=C(c1cc2c(s1)CCC2)N(Cc1cccnc1)CC1CCCO1. The molecule has 5 heteroatoms. The van der Waals surface area contributed by atoms with E-state index >= 15 is 0 Å². The molecule has 1 saturated heterocycles. The van der Waals surface area contributed by atoms with E-state index in [1.165, 1.54) is 16.9 Å². The molecule has 4 nitrogen and oxygen atoms in total. The smallest absolute Gasteiger partial charge is 0.264 e. The van der Waals surface area contributed by atoms with Crippen LogP contribution in [0.15, 0.2) is 30.6 Å². The zero-order valence-electron chi connectivity index (χ0n) is 13.7. The summed E-state index contributed by atoms with van der Waals surface area (Å²) < 4.78 is 5.76. The molecule has 1 unspecified atom stereocenters. The maximum atomic E-state index is 13.1. The minimum atomic E-state index is 0.133. The van der Waals surface area contributed by atoms with Gasteiger partial charge in [-0.25, -0.2) is 0 Å². The average Bonchev–Trinajstić information content (AvgIpc) is 3.31. The van der Waals surface area contributed by atoms with Gasteiger partial charge < -0.3 is 9.64 Å². The minimum absolute atomic E-state index is 0.133. The fourth-order valence-electron chi connectivity index (χ4n) is 3.56. The molecule has 0 aromatic carbocycles. The zero-order chi connectivity index (χ0) is 16.4. The lowest BCUT2D eigenvalue weighted by molar-refractivity contribution is 0.0510. The molecular weight excluding hydrogens is 320 g/mol. The first-order valence-corrected chi connectivity index (χ1v) is 9.52. The molecule has 2 aliphatic rings. The summed E-state index contributed by atoms with van der Waals surface area (Å²) in [4.78, 5) is 21.5. The highest BCUT2D eigenvalue weighted by atomic mass is 32.1. The van der Waals surface area contributed by atoms with Crippen LogP contribution in [-0.4, -0.2) is 35.0 Å². The molecule has 2 aromatic heterocycles. The van der Waals surface area contributed by atoms with Crippen molar-refractivity contribution in [1.29, 1.82) is 0 Å². The lowest BCUT2D eigenvalue weighted by Gasteiger charge is -2.25. The second-order valence-electron chi connectivity index (χ2n) is 6.59. The van der Waals surface area contributed by atoms with E-state index in [1.54, 1.807) is 17.5 Å². The second kappa shape index (κ2) is 7.03. The Kier molecular flexibility index (Phi) is 4.63. The van der Waals surface area contributed by atoms with Crippen LogP contribution in [0.25, 0.3) is 0 Å². The molecule has 1 fully saturated rings.